The quantitative estimate of drug-likeness (QED) is 0.836. The summed E-state index contributed by atoms with van der Waals surface area (Å²) in [4.78, 5) is 0. The van der Waals surface area contributed by atoms with Crippen molar-refractivity contribution in [1.82, 2.24) is 4.31 Å². The molecule has 1 unspecified atom stereocenters. The van der Waals surface area contributed by atoms with E-state index in [1.165, 1.54) is 9.71 Å². The molecule has 0 saturated heterocycles. The zero-order valence-electron chi connectivity index (χ0n) is 12.7. The molecule has 1 rings (SSSR count). The molecular weight excluding hydrogens is 308 g/mol. The summed E-state index contributed by atoms with van der Waals surface area (Å²) in [6.45, 7) is 4.46. The fourth-order valence-electron chi connectivity index (χ4n) is 1.63. The number of hydrogen-bond donors (Lipinski definition) is 1. The van der Waals surface area contributed by atoms with Crippen LogP contribution in [0.15, 0.2) is 29.7 Å². The van der Waals surface area contributed by atoms with Crippen molar-refractivity contribution in [2.45, 2.75) is 26.3 Å². The van der Waals surface area contributed by atoms with Gasteiger partial charge < -0.3 is 5.73 Å². The number of halogens is 1. The van der Waals surface area contributed by atoms with Gasteiger partial charge in [-0.3, -0.25) is 0 Å². The Morgan fingerprint density at radius 1 is 1.29 bits per heavy atom. The van der Waals surface area contributed by atoms with E-state index in [1.807, 2.05) is 13.8 Å². The van der Waals surface area contributed by atoms with Gasteiger partial charge >= 0.3 is 0 Å². The summed E-state index contributed by atoms with van der Waals surface area (Å²) >= 11 is 5.79. The first-order valence-corrected chi connectivity index (χ1v) is 8.76. The van der Waals surface area contributed by atoms with E-state index in [4.69, 9.17) is 17.3 Å². The molecule has 1 atom stereocenters. The van der Waals surface area contributed by atoms with Gasteiger partial charge in [0.25, 0.3) is 0 Å². The molecule has 1 aromatic carbocycles. The molecular formula is C15H23ClN2O2S. The maximum Gasteiger partial charge on any atom is 0.235 e. The summed E-state index contributed by atoms with van der Waals surface area (Å²) in [6, 6.07) is 6.98. The zero-order chi connectivity index (χ0) is 16.0. The van der Waals surface area contributed by atoms with Gasteiger partial charge in [-0.25, -0.2) is 12.7 Å². The predicted molar refractivity (Wildman–Crippen MR) is 89.5 cm³/mol. The lowest BCUT2D eigenvalue weighted by Gasteiger charge is -2.19. The van der Waals surface area contributed by atoms with E-state index in [1.54, 1.807) is 37.4 Å². The summed E-state index contributed by atoms with van der Waals surface area (Å²) in [5.74, 6) is 0.339. The van der Waals surface area contributed by atoms with Crippen LogP contribution in [0.4, 0.5) is 0 Å². The highest BCUT2D eigenvalue weighted by Crippen LogP contribution is 2.12. The van der Waals surface area contributed by atoms with Crippen molar-refractivity contribution in [2.75, 3.05) is 13.6 Å². The summed E-state index contributed by atoms with van der Waals surface area (Å²) in [6.07, 6.45) is 2.20. The van der Waals surface area contributed by atoms with Gasteiger partial charge in [0, 0.05) is 30.1 Å². The molecule has 0 amide bonds. The minimum atomic E-state index is -3.43. The van der Waals surface area contributed by atoms with Gasteiger partial charge in [0.1, 0.15) is 0 Å². The van der Waals surface area contributed by atoms with E-state index >= 15 is 0 Å². The number of benzene rings is 1. The number of hydrogen-bond acceptors (Lipinski definition) is 3. The third-order valence-corrected chi connectivity index (χ3v) is 5.15. The summed E-state index contributed by atoms with van der Waals surface area (Å²) in [7, 11) is -1.86. The van der Waals surface area contributed by atoms with Crippen molar-refractivity contribution < 1.29 is 8.42 Å². The number of nitrogens with zero attached hydrogens (tertiary/aromatic N) is 1. The second-order valence-corrected chi connectivity index (χ2v) is 7.78. The summed E-state index contributed by atoms with van der Waals surface area (Å²) in [5, 5.41) is 1.83. The Morgan fingerprint density at radius 2 is 1.86 bits per heavy atom. The fraction of sp³-hybridized carbons (Fsp3) is 0.467. The van der Waals surface area contributed by atoms with E-state index in [-0.39, 0.29) is 6.04 Å². The van der Waals surface area contributed by atoms with Crippen LogP contribution in [0, 0.1) is 5.92 Å². The Balaban J connectivity index is 2.65. The molecule has 0 saturated carbocycles. The topological polar surface area (TPSA) is 63.4 Å². The van der Waals surface area contributed by atoms with Gasteiger partial charge in [-0.05, 0) is 36.1 Å². The predicted octanol–water partition coefficient (Wildman–Crippen LogP) is 2.95. The molecule has 1 aromatic rings. The highest BCUT2D eigenvalue weighted by atomic mass is 35.5. The first kappa shape index (κ1) is 18.2. The monoisotopic (exact) mass is 330 g/mol. The lowest BCUT2D eigenvalue weighted by Crippen LogP contribution is -2.33. The van der Waals surface area contributed by atoms with Crippen molar-refractivity contribution in [3.63, 3.8) is 0 Å². The van der Waals surface area contributed by atoms with Gasteiger partial charge in [0.15, 0.2) is 0 Å². The van der Waals surface area contributed by atoms with Gasteiger partial charge in [-0.1, -0.05) is 37.6 Å². The molecule has 6 heteroatoms. The van der Waals surface area contributed by atoms with Crippen LogP contribution >= 0.6 is 11.6 Å². The van der Waals surface area contributed by atoms with E-state index in [0.29, 0.717) is 23.9 Å². The molecule has 0 aliphatic carbocycles. The molecule has 0 radical (unpaired) electrons. The zero-order valence-corrected chi connectivity index (χ0v) is 14.2. The lowest BCUT2D eigenvalue weighted by molar-refractivity contribution is 0.400. The number of rotatable bonds is 7. The van der Waals surface area contributed by atoms with Crippen LogP contribution in [0.2, 0.25) is 5.02 Å². The molecule has 4 nitrogen and oxygen atoms in total. The minimum Gasteiger partial charge on any atom is -0.327 e. The Kier molecular flexibility index (Phi) is 6.87. The summed E-state index contributed by atoms with van der Waals surface area (Å²) < 4.78 is 25.6. The van der Waals surface area contributed by atoms with E-state index in [2.05, 4.69) is 0 Å². The second-order valence-electron chi connectivity index (χ2n) is 5.42. The Morgan fingerprint density at radius 3 is 2.38 bits per heavy atom. The molecule has 21 heavy (non-hydrogen) atoms. The molecule has 2 N–H and O–H groups in total. The molecule has 0 heterocycles. The average molecular weight is 331 g/mol. The lowest BCUT2D eigenvalue weighted by atomic mass is 10.0. The van der Waals surface area contributed by atoms with Crippen LogP contribution in [0.1, 0.15) is 25.8 Å². The largest absolute Gasteiger partial charge is 0.327 e. The van der Waals surface area contributed by atoms with Crippen LogP contribution in [0.25, 0.3) is 6.08 Å². The van der Waals surface area contributed by atoms with Gasteiger partial charge in [-0.2, -0.15) is 0 Å². The van der Waals surface area contributed by atoms with Gasteiger partial charge in [0.05, 0.1) is 0 Å². The number of nitrogens with two attached hydrogens (primary N) is 1. The van der Waals surface area contributed by atoms with E-state index in [9.17, 15) is 8.42 Å². The van der Waals surface area contributed by atoms with Crippen LogP contribution in [0.5, 0.6) is 0 Å². The number of sulfonamides is 1. The first-order chi connectivity index (χ1) is 9.72. The van der Waals surface area contributed by atoms with Crippen LogP contribution in [-0.4, -0.2) is 32.4 Å². The highest BCUT2D eigenvalue weighted by Gasteiger charge is 2.16. The molecule has 0 aliphatic heterocycles. The summed E-state index contributed by atoms with van der Waals surface area (Å²) in [5.41, 5.74) is 6.72. The van der Waals surface area contributed by atoms with E-state index < -0.39 is 10.0 Å². The van der Waals surface area contributed by atoms with Crippen LogP contribution in [0.3, 0.4) is 0 Å². The van der Waals surface area contributed by atoms with Gasteiger partial charge in [-0.15, -0.1) is 0 Å². The fourth-order valence-corrected chi connectivity index (χ4v) is 2.66. The second kappa shape index (κ2) is 7.94. The molecule has 0 aromatic heterocycles. The van der Waals surface area contributed by atoms with E-state index in [0.717, 1.165) is 5.56 Å². The van der Waals surface area contributed by atoms with Crippen molar-refractivity contribution >= 4 is 27.7 Å². The van der Waals surface area contributed by atoms with Crippen molar-refractivity contribution in [1.29, 1.82) is 0 Å². The van der Waals surface area contributed by atoms with Crippen LogP contribution < -0.4 is 5.73 Å². The Bertz CT molecular complexity index is 568. The molecule has 0 aliphatic rings. The normalized spacial score (nSPS) is 14.2. The molecule has 118 valence electrons. The maximum absolute atomic E-state index is 12.1. The Hall–Kier alpha value is -0.880. The third-order valence-electron chi connectivity index (χ3n) is 3.37. The maximum atomic E-state index is 12.1. The smallest absolute Gasteiger partial charge is 0.235 e. The molecule has 0 spiro atoms. The van der Waals surface area contributed by atoms with Gasteiger partial charge in [0.2, 0.25) is 10.0 Å². The van der Waals surface area contributed by atoms with Crippen LogP contribution in [-0.2, 0) is 10.0 Å². The molecule has 0 fully saturated rings. The standard InChI is InChI=1S/C15H23ClN2O2S/c1-12(2)15(17)8-10-18(3)21(19,20)11-9-13-4-6-14(16)7-5-13/h4-7,9,11-12,15H,8,10,17H2,1-3H3/b11-9+. The van der Waals surface area contributed by atoms with Crippen molar-refractivity contribution in [3.8, 4) is 0 Å². The third kappa shape index (κ3) is 6.18. The minimum absolute atomic E-state index is 0.00268. The average Bonchev–Trinajstić information content (AvgIpc) is 2.43. The van der Waals surface area contributed by atoms with Crippen molar-refractivity contribution in [3.05, 3.63) is 40.3 Å². The SMILES string of the molecule is CC(C)C(N)CCN(C)S(=O)(=O)/C=C/c1ccc(Cl)cc1. The first-order valence-electron chi connectivity index (χ1n) is 6.88. The Labute approximate surface area is 132 Å². The molecule has 0 bridgehead atoms. The van der Waals surface area contributed by atoms with Crippen molar-refractivity contribution in [2.24, 2.45) is 11.7 Å². The highest BCUT2D eigenvalue weighted by molar-refractivity contribution is 7.92.